The maximum absolute atomic E-state index is 12.8. The van der Waals surface area contributed by atoms with Gasteiger partial charge in [-0.3, -0.25) is 4.79 Å². The van der Waals surface area contributed by atoms with Crippen LogP contribution >= 0.6 is 0 Å². The van der Waals surface area contributed by atoms with E-state index >= 15 is 0 Å². The molecule has 0 atom stereocenters. The average molecular weight is 308 g/mol. The highest BCUT2D eigenvalue weighted by Gasteiger charge is 2.03. The Morgan fingerprint density at radius 2 is 1.74 bits per heavy atom. The minimum atomic E-state index is -0.380. The number of halogens is 1. The minimum absolute atomic E-state index is 0.357. The van der Waals surface area contributed by atoms with E-state index in [2.05, 4.69) is 10.5 Å². The fourth-order valence-electron chi connectivity index (χ4n) is 1.77. The number of carbonyl (C=O) groups excluding carboxylic acids is 1. The number of allylic oxidation sites excluding steroid dienone is 3. The van der Waals surface area contributed by atoms with Crippen molar-refractivity contribution in [1.82, 2.24) is 5.43 Å². The molecule has 4 heteroatoms. The fraction of sp³-hybridized carbons (Fsp3) is 0.0526. The Morgan fingerprint density at radius 1 is 1.04 bits per heavy atom. The molecule has 2 aromatic rings. The highest BCUT2D eigenvalue weighted by Crippen LogP contribution is 2.02. The molecular weight excluding hydrogens is 291 g/mol. The van der Waals surface area contributed by atoms with E-state index in [0.717, 1.165) is 5.56 Å². The van der Waals surface area contributed by atoms with Crippen LogP contribution in [0.3, 0.4) is 0 Å². The number of hydrogen-bond acceptors (Lipinski definition) is 2. The van der Waals surface area contributed by atoms with Crippen molar-refractivity contribution >= 4 is 17.7 Å². The smallest absolute Gasteiger partial charge is 0.267 e. The number of nitrogens with one attached hydrogen (secondary N) is 1. The summed E-state index contributed by atoms with van der Waals surface area (Å²) in [6.45, 7) is 1.78. The lowest BCUT2D eigenvalue weighted by Crippen LogP contribution is -2.18. The molecule has 0 spiro atoms. The van der Waals surface area contributed by atoms with Crippen molar-refractivity contribution in [3.63, 3.8) is 0 Å². The molecule has 1 amide bonds. The molecule has 116 valence electrons. The number of nitrogens with zero attached hydrogens (tertiary/aromatic N) is 1. The van der Waals surface area contributed by atoms with Gasteiger partial charge in [-0.1, -0.05) is 48.6 Å². The Labute approximate surface area is 134 Å². The van der Waals surface area contributed by atoms with Crippen molar-refractivity contribution in [2.24, 2.45) is 5.10 Å². The third-order valence-corrected chi connectivity index (χ3v) is 2.98. The third kappa shape index (κ3) is 5.71. The van der Waals surface area contributed by atoms with E-state index < -0.39 is 0 Å². The van der Waals surface area contributed by atoms with Gasteiger partial charge in [-0.15, -0.1) is 0 Å². The molecule has 1 N–H and O–H groups in total. The van der Waals surface area contributed by atoms with Gasteiger partial charge in [-0.05, 0) is 42.8 Å². The fourth-order valence-corrected chi connectivity index (χ4v) is 1.77. The molecule has 0 heterocycles. The van der Waals surface area contributed by atoms with Gasteiger partial charge in [0.1, 0.15) is 5.82 Å². The van der Waals surface area contributed by atoms with E-state index in [4.69, 9.17) is 0 Å². The second kappa shape index (κ2) is 8.44. The summed E-state index contributed by atoms with van der Waals surface area (Å²) in [6, 6.07) is 15.2. The van der Waals surface area contributed by atoms with Gasteiger partial charge in [0.2, 0.25) is 0 Å². The zero-order valence-electron chi connectivity index (χ0n) is 12.7. The first-order valence-electron chi connectivity index (χ1n) is 7.15. The van der Waals surface area contributed by atoms with Crippen molar-refractivity contribution < 1.29 is 9.18 Å². The molecular formula is C19H17FN2O. The van der Waals surface area contributed by atoms with Crippen LogP contribution in [0.15, 0.2) is 77.9 Å². The first kappa shape index (κ1) is 16.4. The maximum atomic E-state index is 12.8. The monoisotopic (exact) mass is 308 g/mol. The Balaban J connectivity index is 1.87. The first-order valence-corrected chi connectivity index (χ1v) is 7.15. The van der Waals surface area contributed by atoms with Crippen LogP contribution < -0.4 is 5.43 Å². The number of benzene rings is 2. The molecule has 0 saturated heterocycles. The quantitative estimate of drug-likeness (QED) is 0.502. The third-order valence-electron chi connectivity index (χ3n) is 2.98. The normalized spacial score (nSPS) is 12.0. The van der Waals surface area contributed by atoms with Crippen LogP contribution in [0, 0.1) is 5.82 Å². The Hall–Kier alpha value is -3.01. The second-order valence-electron chi connectivity index (χ2n) is 4.83. The van der Waals surface area contributed by atoms with Gasteiger partial charge in [-0.25, -0.2) is 9.82 Å². The second-order valence-corrected chi connectivity index (χ2v) is 4.83. The first-order chi connectivity index (χ1) is 11.1. The number of carbonyl (C=O) groups is 1. The van der Waals surface area contributed by atoms with Crippen LogP contribution in [-0.2, 0) is 0 Å². The number of rotatable bonds is 5. The van der Waals surface area contributed by atoms with Gasteiger partial charge in [-0.2, -0.15) is 5.10 Å². The Morgan fingerprint density at radius 3 is 2.43 bits per heavy atom. The summed E-state index contributed by atoms with van der Waals surface area (Å²) in [5.41, 5.74) is 4.54. The molecule has 0 fully saturated rings. The number of hydrogen-bond donors (Lipinski definition) is 1. The van der Waals surface area contributed by atoms with Crippen molar-refractivity contribution in [2.45, 2.75) is 6.92 Å². The van der Waals surface area contributed by atoms with Gasteiger partial charge in [0.25, 0.3) is 5.91 Å². The van der Waals surface area contributed by atoms with Crippen LogP contribution in [-0.4, -0.2) is 11.6 Å². The molecule has 0 aromatic heterocycles. The van der Waals surface area contributed by atoms with Crippen LogP contribution in [0.25, 0.3) is 6.08 Å². The van der Waals surface area contributed by atoms with Crippen molar-refractivity contribution in [3.8, 4) is 0 Å². The van der Waals surface area contributed by atoms with E-state index in [1.807, 2.05) is 48.6 Å². The number of hydrazone groups is 1. The van der Waals surface area contributed by atoms with Gasteiger partial charge < -0.3 is 0 Å². The predicted octanol–water partition coefficient (Wildman–Crippen LogP) is 4.20. The van der Waals surface area contributed by atoms with Crippen LogP contribution in [0.2, 0.25) is 0 Å². The Bertz CT molecular complexity index is 732. The van der Waals surface area contributed by atoms with Crippen LogP contribution in [0.5, 0.6) is 0 Å². The summed E-state index contributed by atoms with van der Waals surface area (Å²) in [6.07, 6.45) is 7.50. The van der Waals surface area contributed by atoms with Crippen molar-refractivity contribution in [2.75, 3.05) is 0 Å². The molecule has 2 rings (SSSR count). The summed E-state index contributed by atoms with van der Waals surface area (Å²) >= 11 is 0. The molecule has 0 aliphatic carbocycles. The van der Waals surface area contributed by atoms with Gasteiger partial charge >= 0.3 is 0 Å². The molecule has 23 heavy (non-hydrogen) atoms. The minimum Gasteiger partial charge on any atom is -0.267 e. The topological polar surface area (TPSA) is 41.5 Å². The van der Waals surface area contributed by atoms with Crippen LogP contribution in [0.4, 0.5) is 4.39 Å². The summed E-state index contributed by atoms with van der Waals surface area (Å²) in [4.78, 5) is 11.8. The van der Waals surface area contributed by atoms with Gasteiger partial charge in [0.05, 0.1) is 5.71 Å². The van der Waals surface area contributed by atoms with Crippen LogP contribution in [0.1, 0.15) is 22.8 Å². The van der Waals surface area contributed by atoms with Crippen molar-refractivity contribution in [3.05, 3.63) is 89.8 Å². The average Bonchev–Trinajstić information content (AvgIpc) is 2.58. The lowest BCUT2D eigenvalue weighted by atomic mass is 10.2. The van der Waals surface area contributed by atoms with E-state index in [1.54, 1.807) is 13.0 Å². The summed E-state index contributed by atoms with van der Waals surface area (Å²) in [5, 5.41) is 3.97. The molecule has 2 aromatic carbocycles. The summed E-state index contributed by atoms with van der Waals surface area (Å²) < 4.78 is 12.8. The van der Waals surface area contributed by atoms with E-state index in [1.165, 1.54) is 24.3 Å². The van der Waals surface area contributed by atoms with E-state index in [0.29, 0.717) is 11.3 Å². The largest absolute Gasteiger partial charge is 0.271 e. The molecule has 0 aliphatic rings. The summed E-state index contributed by atoms with van der Waals surface area (Å²) in [7, 11) is 0. The summed E-state index contributed by atoms with van der Waals surface area (Å²) in [5.74, 6) is -0.757. The molecule has 0 bridgehead atoms. The van der Waals surface area contributed by atoms with E-state index in [-0.39, 0.29) is 11.7 Å². The molecule has 0 saturated carbocycles. The Kier molecular flexibility index (Phi) is 6.00. The van der Waals surface area contributed by atoms with Gasteiger partial charge in [0, 0.05) is 5.56 Å². The number of amides is 1. The lowest BCUT2D eigenvalue weighted by molar-refractivity contribution is 0.0955. The molecule has 0 unspecified atom stereocenters. The highest BCUT2D eigenvalue weighted by atomic mass is 19.1. The SMILES string of the molecule is CC(/C=C/C=C/c1ccccc1)=N\NC(=O)c1ccc(F)cc1. The van der Waals surface area contributed by atoms with Gasteiger partial charge in [0.15, 0.2) is 0 Å². The van der Waals surface area contributed by atoms with Crippen molar-refractivity contribution in [1.29, 1.82) is 0 Å². The molecule has 3 nitrogen and oxygen atoms in total. The highest BCUT2D eigenvalue weighted by molar-refractivity contribution is 5.97. The molecule has 0 radical (unpaired) electrons. The zero-order valence-corrected chi connectivity index (χ0v) is 12.7. The standard InChI is InChI=1S/C19H17FN2O/c1-15(7-5-6-10-16-8-3-2-4-9-16)21-22-19(23)17-11-13-18(20)14-12-17/h2-14H,1H3,(H,22,23)/b7-5+,10-6+,21-15+. The predicted molar refractivity (Wildman–Crippen MR) is 91.6 cm³/mol. The maximum Gasteiger partial charge on any atom is 0.271 e. The molecule has 0 aliphatic heterocycles. The lowest BCUT2D eigenvalue weighted by Gasteiger charge is -2.00. The zero-order chi connectivity index (χ0) is 16.5. The van der Waals surface area contributed by atoms with E-state index in [9.17, 15) is 9.18 Å².